The van der Waals surface area contributed by atoms with E-state index < -0.39 is 23.3 Å². The molecule has 7 nitrogen and oxygen atoms in total. The third kappa shape index (κ3) is 3.57. The quantitative estimate of drug-likeness (QED) is 0.424. The smallest absolute Gasteiger partial charge is 0.337 e. The van der Waals surface area contributed by atoms with Gasteiger partial charge in [-0.2, -0.15) is 0 Å². The van der Waals surface area contributed by atoms with Crippen molar-refractivity contribution in [2.45, 2.75) is 12.3 Å². The number of rotatable bonds is 4. The molecule has 170 valence electrons. The van der Waals surface area contributed by atoms with Gasteiger partial charge < -0.3 is 24.1 Å². The maximum atomic E-state index is 13.5. The fourth-order valence-electron chi connectivity index (χ4n) is 4.30. The van der Waals surface area contributed by atoms with E-state index in [1.165, 1.54) is 7.11 Å². The topological polar surface area (TPSA) is 106 Å². The molecule has 1 aliphatic rings. The Kier molecular flexibility index (Phi) is 5.30. The molecule has 0 fully saturated rings. The van der Waals surface area contributed by atoms with Crippen molar-refractivity contribution in [2.24, 2.45) is 0 Å². The van der Waals surface area contributed by atoms with Gasteiger partial charge in [-0.15, -0.1) is 0 Å². The fourth-order valence-corrected chi connectivity index (χ4v) is 4.30. The fraction of sp³-hybridized carbons (Fsp3) is 0.111. The van der Waals surface area contributed by atoms with Crippen LogP contribution in [-0.4, -0.2) is 23.3 Å². The van der Waals surface area contributed by atoms with Crippen LogP contribution in [0, 0.1) is 0 Å². The first kappa shape index (κ1) is 21.3. The van der Waals surface area contributed by atoms with E-state index in [0.29, 0.717) is 27.8 Å². The normalized spacial score (nSPS) is 13.8. The Morgan fingerprint density at radius 3 is 2.44 bits per heavy atom. The summed E-state index contributed by atoms with van der Waals surface area (Å²) in [7, 11) is 1.29. The molecule has 3 aromatic carbocycles. The van der Waals surface area contributed by atoms with Crippen LogP contribution in [0.4, 0.5) is 0 Å². The van der Waals surface area contributed by atoms with Gasteiger partial charge in [0.2, 0.25) is 5.43 Å². The number of hydrogen-bond donors (Lipinski definition) is 2. The second kappa shape index (κ2) is 8.44. The van der Waals surface area contributed by atoms with E-state index in [4.69, 9.17) is 13.9 Å². The molecule has 0 saturated heterocycles. The lowest BCUT2D eigenvalue weighted by Gasteiger charge is -2.26. The number of fused-ring (bicyclic) bond motifs is 2. The second-order valence-electron chi connectivity index (χ2n) is 7.91. The molecule has 1 aliphatic heterocycles. The van der Waals surface area contributed by atoms with Crippen LogP contribution in [0.5, 0.6) is 11.7 Å². The number of para-hydroxylation sites is 2. The first-order valence-electron chi connectivity index (χ1n) is 10.6. The molecule has 7 heteroatoms. The summed E-state index contributed by atoms with van der Waals surface area (Å²) in [6, 6.07) is 20.3. The zero-order valence-corrected chi connectivity index (χ0v) is 18.1. The highest BCUT2D eigenvalue weighted by Gasteiger charge is 2.33. The zero-order chi connectivity index (χ0) is 23.8. The molecule has 0 amide bonds. The van der Waals surface area contributed by atoms with Crippen LogP contribution in [0.25, 0.3) is 11.0 Å². The van der Waals surface area contributed by atoms with Crippen molar-refractivity contribution in [1.82, 2.24) is 0 Å². The molecule has 5 rings (SSSR count). The number of ether oxygens (including phenoxy) is 2. The van der Waals surface area contributed by atoms with E-state index >= 15 is 0 Å². The average Bonchev–Trinajstić information content (AvgIpc) is 2.86. The molecule has 0 saturated carbocycles. The van der Waals surface area contributed by atoms with E-state index in [2.05, 4.69) is 0 Å². The Morgan fingerprint density at radius 2 is 1.68 bits per heavy atom. The Hall–Kier alpha value is -4.52. The van der Waals surface area contributed by atoms with Crippen LogP contribution in [0.1, 0.15) is 33.0 Å². The summed E-state index contributed by atoms with van der Waals surface area (Å²) >= 11 is 0. The maximum absolute atomic E-state index is 13.5. The molecule has 2 N–H and O–H groups in total. The van der Waals surface area contributed by atoms with Crippen molar-refractivity contribution in [3.8, 4) is 11.7 Å². The summed E-state index contributed by atoms with van der Waals surface area (Å²) < 4.78 is 16.0. The number of methoxy groups -OCH3 is 1. The molecule has 0 radical (unpaired) electrons. The first-order chi connectivity index (χ1) is 16.5. The minimum Gasteiger partial charge on any atom is -0.481 e. The van der Waals surface area contributed by atoms with Crippen LogP contribution < -0.4 is 10.2 Å². The number of aromatic hydroxyl groups is 1. The van der Waals surface area contributed by atoms with E-state index in [1.807, 2.05) is 12.1 Å². The van der Waals surface area contributed by atoms with E-state index in [0.717, 1.165) is 5.56 Å². The van der Waals surface area contributed by atoms with Crippen molar-refractivity contribution >= 4 is 16.9 Å². The molecule has 0 aliphatic carbocycles. The Balaban J connectivity index is 1.73. The summed E-state index contributed by atoms with van der Waals surface area (Å²) in [6.07, 6.45) is 0.275. The minimum absolute atomic E-state index is 0.0333. The minimum atomic E-state index is -0.902. The van der Waals surface area contributed by atoms with Crippen molar-refractivity contribution < 1.29 is 28.9 Å². The van der Waals surface area contributed by atoms with Crippen LogP contribution in [-0.2, 0) is 11.2 Å². The van der Waals surface area contributed by atoms with Crippen LogP contribution in [0.15, 0.2) is 93.5 Å². The van der Waals surface area contributed by atoms with Crippen molar-refractivity contribution in [3.05, 3.63) is 117 Å². The van der Waals surface area contributed by atoms with E-state index in [-0.39, 0.29) is 23.5 Å². The van der Waals surface area contributed by atoms with Gasteiger partial charge in [0.1, 0.15) is 11.3 Å². The Morgan fingerprint density at radius 1 is 0.971 bits per heavy atom. The van der Waals surface area contributed by atoms with Gasteiger partial charge in [0.25, 0.3) is 11.9 Å². The van der Waals surface area contributed by atoms with Gasteiger partial charge in [-0.05, 0) is 41.5 Å². The number of aliphatic hydroxyl groups is 1. The second-order valence-corrected chi connectivity index (χ2v) is 7.91. The zero-order valence-electron chi connectivity index (χ0n) is 18.1. The summed E-state index contributed by atoms with van der Waals surface area (Å²) in [5, 5.41) is 22.0. The summed E-state index contributed by atoms with van der Waals surface area (Å²) in [5.74, 6) is -1.80. The summed E-state index contributed by atoms with van der Waals surface area (Å²) in [6.45, 7) is 0. The molecule has 4 aromatic rings. The van der Waals surface area contributed by atoms with Gasteiger partial charge in [0.05, 0.1) is 23.6 Å². The molecule has 0 spiro atoms. The highest BCUT2D eigenvalue weighted by molar-refractivity contribution is 5.89. The lowest BCUT2D eigenvalue weighted by molar-refractivity contribution is 0.0600. The van der Waals surface area contributed by atoms with Gasteiger partial charge in [0, 0.05) is 17.9 Å². The van der Waals surface area contributed by atoms with Gasteiger partial charge in [0.15, 0.2) is 0 Å². The van der Waals surface area contributed by atoms with Gasteiger partial charge >= 0.3 is 5.97 Å². The summed E-state index contributed by atoms with van der Waals surface area (Å²) in [4.78, 5) is 25.5. The molecule has 2 heterocycles. The predicted molar refractivity (Wildman–Crippen MR) is 124 cm³/mol. The van der Waals surface area contributed by atoms with Crippen molar-refractivity contribution in [2.75, 3.05) is 7.11 Å². The number of allylic oxidation sites excluding steroid dienone is 1. The molecule has 1 atom stereocenters. The number of benzene rings is 3. The number of aliphatic hydroxyl groups excluding tert-OH is 1. The molecular formula is C27H20O7. The largest absolute Gasteiger partial charge is 0.481 e. The first-order valence-corrected chi connectivity index (χ1v) is 10.6. The number of carbonyl (C=O) groups excluding carboxylic acids is 1. The highest BCUT2D eigenvalue weighted by Crippen LogP contribution is 2.42. The lowest BCUT2D eigenvalue weighted by Crippen LogP contribution is -2.22. The highest BCUT2D eigenvalue weighted by atomic mass is 16.6. The van der Waals surface area contributed by atoms with Crippen molar-refractivity contribution in [3.63, 3.8) is 0 Å². The van der Waals surface area contributed by atoms with Gasteiger partial charge in [-0.1, -0.05) is 42.5 Å². The monoisotopic (exact) mass is 456 g/mol. The van der Waals surface area contributed by atoms with Gasteiger partial charge in [-0.25, -0.2) is 4.79 Å². The summed E-state index contributed by atoms with van der Waals surface area (Å²) in [5.41, 5.74) is 1.85. The van der Waals surface area contributed by atoms with Crippen LogP contribution in [0.3, 0.4) is 0 Å². The standard InChI is InChI=1S/C27H20O7/c1-32-25(29)16-12-10-15(11-13-16)22(19-14-17-6-2-4-8-20(17)33-26(19)30)23-24(28)18-7-3-5-9-21(18)34-27(23)31/h2-13,22,30-31H,14H2,1H3. The predicted octanol–water partition coefficient (Wildman–Crippen LogP) is 4.82. The maximum Gasteiger partial charge on any atom is 0.337 e. The van der Waals surface area contributed by atoms with E-state index in [1.54, 1.807) is 60.7 Å². The Bertz CT molecular complexity index is 1500. The van der Waals surface area contributed by atoms with Crippen LogP contribution >= 0.6 is 0 Å². The third-order valence-corrected chi connectivity index (χ3v) is 5.95. The van der Waals surface area contributed by atoms with E-state index in [9.17, 15) is 19.8 Å². The molecular weight excluding hydrogens is 436 g/mol. The van der Waals surface area contributed by atoms with Gasteiger partial charge in [-0.3, -0.25) is 4.79 Å². The van der Waals surface area contributed by atoms with Crippen molar-refractivity contribution in [1.29, 1.82) is 0 Å². The average molecular weight is 456 g/mol. The molecule has 1 aromatic heterocycles. The Labute approximate surface area is 194 Å². The SMILES string of the molecule is COC(=O)c1ccc(C(C2=C(O)Oc3ccccc3C2)c2c(O)oc3ccccc3c2=O)cc1. The number of esters is 1. The number of carbonyl (C=O) groups is 1. The van der Waals surface area contributed by atoms with Crippen LogP contribution in [0.2, 0.25) is 0 Å². The molecule has 0 bridgehead atoms. The molecule has 34 heavy (non-hydrogen) atoms. The molecule has 1 unspecified atom stereocenters. The number of hydrogen-bond acceptors (Lipinski definition) is 7. The third-order valence-electron chi connectivity index (χ3n) is 5.95. The lowest BCUT2D eigenvalue weighted by atomic mass is 9.81.